The second-order valence-corrected chi connectivity index (χ2v) is 6.64. The number of para-hydroxylation sites is 1. The molecule has 0 bridgehead atoms. The molecule has 1 heterocycles. The summed E-state index contributed by atoms with van der Waals surface area (Å²) in [5, 5.41) is 2.91. The molecule has 0 aromatic heterocycles. The first kappa shape index (κ1) is 21.1. The molecule has 0 radical (unpaired) electrons. The van der Waals surface area contributed by atoms with Gasteiger partial charge in [0.15, 0.2) is 0 Å². The largest absolute Gasteiger partial charge is 0.493 e. The number of rotatable bonds is 7. The molecule has 3 N–H and O–H groups in total. The predicted molar refractivity (Wildman–Crippen MR) is 111 cm³/mol. The van der Waals surface area contributed by atoms with Crippen LogP contribution in [0.5, 0.6) is 5.75 Å². The summed E-state index contributed by atoms with van der Waals surface area (Å²) in [6, 6.07) is 15.2. The minimum Gasteiger partial charge on any atom is -0.493 e. The average molecular weight is 391 g/mol. The average Bonchev–Trinajstić information content (AvgIpc) is 2.68. The lowest BCUT2D eigenvalue weighted by Gasteiger charge is -2.22. The molecule has 1 saturated heterocycles. The number of aryl methyl sites for hydroxylation is 1. The number of carbonyl (C=O) groups is 1. The van der Waals surface area contributed by atoms with Crippen LogP contribution in [0, 0.1) is 5.92 Å². The Kier molecular flexibility index (Phi) is 8.43. The van der Waals surface area contributed by atoms with Crippen molar-refractivity contribution in [3.05, 3.63) is 54.1 Å². The molecule has 1 aliphatic heterocycles. The van der Waals surface area contributed by atoms with Gasteiger partial charge in [-0.1, -0.05) is 18.2 Å². The summed E-state index contributed by atoms with van der Waals surface area (Å²) in [5.74, 6) is 1.37. The van der Waals surface area contributed by atoms with E-state index in [1.165, 1.54) is 0 Å². The molecule has 3 rings (SSSR count). The molecule has 0 atom stereocenters. The highest BCUT2D eigenvalue weighted by Crippen LogP contribution is 2.20. The molecule has 5 nitrogen and oxygen atoms in total. The van der Waals surface area contributed by atoms with Gasteiger partial charge in [0, 0.05) is 31.0 Å². The molecule has 2 aromatic carbocycles. The molecule has 6 heteroatoms. The van der Waals surface area contributed by atoms with Crippen molar-refractivity contribution in [1.82, 2.24) is 0 Å². The van der Waals surface area contributed by atoms with Crippen LogP contribution in [-0.4, -0.2) is 25.7 Å². The zero-order valence-corrected chi connectivity index (χ0v) is 16.2. The summed E-state index contributed by atoms with van der Waals surface area (Å²) in [4.78, 5) is 12.1. The van der Waals surface area contributed by atoms with Crippen LogP contribution in [0.2, 0.25) is 0 Å². The number of amides is 1. The third-order valence-electron chi connectivity index (χ3n) is 4.64. The van der Waals surface area contributed by atoms with Crippen molar-refractivity contribution >= 4 is 29.7 Å². The van der Waals surface area contributed by atoms with Crippen molar-refractivity contribution < 1.29 is 14.3 Å². The number of nitrogens with two attached hydrogens (primary N) is 1. The monoisotopic (exact) mass is 390 g/mol. The Morgan fingerprint density at radius 3 is 2.52 bits per heavy atom. The van der Waals surface area contributed by atoms with Crippen molar-refractivity contribution in [2.45, 2.75) is 25.7 Å². The highest BCUT2D eigenvalue weighted by molar-refractivity contribution is 5.90. The number of hydrogen-bond acceptors (Lipinski definition) is 4. The molecule has 2 aromatic rings. The van der Waals surface area contributed by atoms with E-state index in [0.717, 1.165) is 48.7 Å². The van der Waals surface area contributed by atoms with Crippen LogP contribution in [0.1, 0.15) is 24.8 Å². The van der Waals surface area contributed by atoms with E-state index < -0.39 is 0 Å². The third kappa shape index (κ3) is 6.77. The third-order valence-corrected chi connectivity index (χ3v) is 4.64. The molecule has 1 aliphatic rings. The van der Waals surface area contributed by atoms with E-state index in [-0.39, 0.29) is 18.3 Å². The number of benzene rings is 2. The van der Waals surface area contributed by atoms with Crippen molar-refractivity contribution in [2.24, 2.45) is 5.92 Å². The van der Waals surface area contributed by atoms with Gasteiger partial charge in [-0.15, -0.1) is 12.4 Å². The van der Waals surface area contributed by atoms with Gasteiger partial charge in [-0.25, -0.2) is 0 Å². The number of nitrogens with one attached hydrogen (secondary N) is 1. The molecular weight excluding hydrogens is 364 g/mol. The molecule has 0 saturated carbocycles. The van der Waals surface area contributed by atoms with Gasteiger partial charge in [0.2, 0.25) is 5.91 Å². The SMILES string of the molecule is Cl.Nc1ccccc1CCC(=O)Nc1ccc(OCC2CCOCC2)cc1. The lowest BCUT2D eigenvalue weighted by atomic mass is 10.0. The first-order chi connectivity index (χ1) is 12.7. The second kappa shape index (κ2) is 10.8. The highest BCUT2D eigenvalue weighted by atomic mass is 35.5. The number of carbonyl (C=O) groups excluding carboxylic acids is 1. The fourth-order valence-electron chi connectivity index (χ4n) is 3.00. The van der Waals surface area contributed by atoms with E-state index in [4.69, 9.17) is 15.2 Å². The molecule has 0 aliphatic carbocycles. The Morgan fingerprint density at radius 1 is 1.11 bits per heavy atom. The maximum absolute atomic E-state index is 12.1. The van der Waals surface area contributed by atoms with Gasteiger partial charge in [-0.3, -0.25) is 4.79 Å². The maximum Gasteiger partial charge on any atom is 0.224 e. The molecular formula is C21H27ClN2O3. The Bertz CT molecular complexity index is 716. The fourth-order valence-corrected chi connectivity index (χ4v) is 3.00. The molecule has 27 heavy (non-hydrogen) atoms. The normalized spacial score (nSPS) is 14.2. The van der Waals surface area contributed by atoms with E-state index in [0.29, 0.717) is 25.4 Å². The Labute approximate surface area is 166 Å². The second-order valence-electron chi connectivity index (χ2n) is 6.64. The number of halogens is 1. The van der Waals surface area contributed by atoms with Crippen molar-refractivity contribution in [3.63, 3.8) is 0 Å². The summed E-state index contributed by atoms with van der Waals surface area (Å²) in [6.45, 7) is 2.37. The minimum atomic E-state index is -0.0240. The van der Waals surface area contributed by atoms with Gasteiger partial charge in [-0.2, -0.15) is 0 Å². The first-order valence-corrected chi connectivity index (χ1v) is 9.14. The van der Waals surface area contributed by atoms with Gasteiger partial charge < -0.3 is 20.5 Å². The van der Waals surface area contributed by atoms with Gasteiger partial charge in [0.1, 0.15) is 5.75 Å². The molecule has 0 spiro atoms. The van der Waals surface area contributed by atoms with Crippen LogP contribution in [0.3, 0.4) is 0 Å². The van der Waals surface area contributed by atoms with Crippen LogP contribution in [-0.2, 0) is 16.0 Å². The highest BCUT2D eigenvalue weighted by Gasteiger charge is 2.14. The van der Waals surface area contributed by atoms with Gasteiger partial charge in [0.05, 0.1) is 6.61 Å². The van der Waals surface area contributed by atoms with Crippen molar-refractivity contribution in [3.8, 4) is 5.75 Å². The van der Waals surface area contributed by atoms with Crippen LogP contribution >= 0.6 is 12.4 Å². The molecule has 1 fully saturated rings. The fraction of sp³-hybridized carbons (Fsp3) is 0.381. The van der Waals surface area contributed by atoms with E-state index in [2.05, 4.69) is 5.32 Å². The number of hydrogen-bond donors (Lipinski definition) is 2. The van der Waals surface area contributed by atoms with Crippen LogP contribution in [0.4, 0.5) is 11.4 Å². The Morgan fingerprint density at radius 2 is 1.81 bits per heavy atom. The van der Waals surface area contributed by atoms with Gasteiger partial charge >= 0.3 is 0 Å². The summed E-state index contributed by atoms with van der Waals surface area (Å²) in [7, 11) is 0. The van der Waals surface area contributed by atoms with E-state index in [9.17, 15) is 4.79 Å². The number of nitrogen functional groups attached to an aromatic ring is 1. The van der Waals surface area contributed by atoms with Gasteiger partial charge in [-0.05, 0) is 61.1 Å². The number of anilines is 2. The lowest BCUT2D eigenvalue weighted by Crippen LogP contribution is -2.21. The zero-order valence-electron chi connectivity index (χ0n) is 15.4. The summed E-state index contributed by atoms with van der Waals surface area (Å²) < 4.78 is 11.2. The molecule has 1 amide bonds. The van der Waals surface area contributed by atoms with Crippen molar-refractivity contribution in [2.75, 3.05) is 30.9 Å². The van der Waals surface area contributed by atoms with E-state index >= 15 is 0 Å². The first-order valence-electron chi connectivity index (χ1n) is 9.14. The van der Waals surface area contributed by atoms with Gasteiger partial charge in [0.25, 0.3) is 0 Å². The topological polar surface area (TPSA) is 73.6 Å². The van der Waals surface area contributed by atoms with Crippen LogP contribution in [0.15, 0.2) is 48.5 Å². The maximum atomic E-state index is 12.1. The smallest absolute Gasteiger partial charge is 0.224 e. The summed E-state index contributed by atoms with van der Waals surface area (Å²) in [5.41, 5.74) is 8.41. The summed E-state index contributed by atoms with van der Waals surface area (Å²) >= 11 is 0. The number of ether oxygens (including phenoxy) is 2. The van der Waals surface area contributed by atoms with E-state index in [1.54, 1.807) is 0 Å². The standard InChI is InChI=1S/C21H26N2O3.ClH/c22-20-4-2-1-3-17(20)5-10-21(24)23-18-6-8-19(9-7-18)26-15-16-11-13-25-14-12-16;/h1-4,6-9,16H,5,10-15,22H2,(H,23,24);1H. The molecule has 0 unspecified atom stereocenters. The molecule has 146 valence electrons. The Hall–Kier alpha value is -2.24. The summed E-state index contributed by atoms with van der Waals surface area (Å²) in [6.07, 6.45) is 3.14. The van der Waals surface area contributed by atoms with Crippen molar-refractivity contribution in [1.29, 1.82) is 0 Å². The minimum absolute atomic E-state index is 0. The van der Waals surface area contributed by atoms with Crippen LogP contribution < -0.4 is 15.8 Å². The Balaban J connectivity index is 0.00000261. The quantitative estimate of drug-likeness (QED) is 0.699. The predicted octanol–water partition coefficient (Wildman–Crippen LogP) is 4.07. The van der Waals surface area contributed by atoms with E-state index in [1.807, 2.05) is 48.5 Å². The van der Waals surface area contributed by atoms with Crippen LogP contribution in [0.25, 0.3) is 0 Å². The zero-order chi connectivity index (χ0) is 18.2. The lowest BCUT2D eigenvalue weighted by molar-refractivity contribution is -0.116.